The fraction of sp³-hybridized carbons (Fsp3) is 0.143. The maximum absolute atomic E-state index is 12.1. The van der Waals surface area contributed by atoms with E-state index in [1.165, 1.54) is 11.3 Å². The van der Waals surface area contributed by atoms with Crippen molar-refractivity contribution in [2.45, 2.75) is 10.8 Å². The number of nitrogens with one attached hydrogen (secondary N) is 1. The topological polar surface area (TPSA) is 76.9 Å². The van der Waals surface area contributed by atoms with Crippen LogP contribution in [0.5, 0.6) is 0 Å². The Bertz CT molecular complexity index is 870. The van der Waals surface area contributed by atoms with Crippen LogP contribution in [0.15, 0.2) is 52.4 Å². The molecule has 0 spiro atoms. The van der Waals surface area contributed by atoms with Gasteiger partial charge in [-0.25, -0.2) is 13.1 Å². The summed E-state index contributed by atoms with van der Waals surface area (Å²) in [7, 11) is -1.62. The summed E-state index contributed by atoms with van der Waals surface area (Å²) in [4.78, 5) is 4.17. The SMILES string of the molecule is Cn1nccc1-c1cncc(CNS(=O)(=O)c2cccs2)c1. The predicted molar refractivity (Wildman–Crippen MR) is 84.8 cm³/mol. The fourth-order valence-corrected chi connectivity index (χ4v) is 4.10. The standard InChI is InChI=1S/C14H14N4O2S2/c1-18-13(4-5-16-18)12-7-11(8-15-10-12)9-17-22(19,20)14-3-2-6-21-14/h2-8,10,17H,9H2,1H3. The molecule has 6 nitrogen and oxygen atoms in total. The summed E-state index contributed by atoms with van der Waals surface area (Å²) in [5, 5.41) is 5.86. The number of rotatable bonds is 5. The zero-order chi connectivity index (χ0) is 15.6. The second-order valence-electron chi connectivity index (χ2n) is 4.68. The first-order valence-corrected chi connectivity index (χ1v) is 8.88. The first-order chi connectivity index (χ1) is 10.6. The Hall–Kier alpha value is -2.03. The molecule has 0 atom stereocenters. The molecule has 0 amide bonds. The molecular formula is C14H14N4O2S2. The van der Waals surface area contributed by atoms with Crippen LogP contribution in [0.3, 0.4) is 0 Å². The van der Waals surface area contributed by atoms with Gasteiger partial charge in [-0.15, -0.1) is 11.3 Å². The molecule has 1 N–H and O–H groups in total. The van der Waals surface area contributed by atoms with Crippen molar-refractivity contribution in [3.63, 3.8) is 0 Å². The Labute approximate surface area is 132 Å². The van der Waals surface area contributed by atoms with Gasteiger partial charge in [0.25, 0.3) is 0 Å². The minimum atomic E-state index is -3.47. The van der Waals surface area contributed by atoms with Gasteiger partial charge in [0.15, 0.2) is 0 Å². The normalized spacial score (nSPS) is 11.7. The van der Waals surface area contributed by atoms with Gasteiger partial charge in [-0.2, -0.15) is 5.10 Å². The van der Waals surface area contributed by atoms with Crippen LogP contribution in [0.2, 0.25) is 0 Å². The quantitative estimate of drug-likeness (QED) is 0.774. The van der Waals surface area contributed by atoms with Gasteiger partial charge in [-0.1, -0.05) is 6.07 Å². The van der Waals surface area contributed by atoms with E-state index in [1.54, 1.807) is 40.8 Å². The lowest BCUT2D eigenvalue weighted by Gasteiger charge is -2.07. The molecule has 0 aromatic carbocycles. The van der Waals surface area contributed by atoms with E-state index < -0.39 is 10.0 Å². The highest BCUT2D eigenvalue weighted by molar-refractivity contribution is 7.91. The van der Waals surface area contributed by atoms with Gasteiger partial charge in [0.1, 0.15) is 4.21 Å². The molecule has 22 heavy (non-hydrogen) atoms. The minimum Gasteiger partial charge on any atom is -0.268 e. The van der Waals surface area contributed by atoms with E-state index in [4.69, 9.17) is 0 Å². The van der Waals surface area contributed by atoms with Gasteiger partial charge in [0.05, 0.1) is 5.69 Å². The van der Waals surface area contributed by atoms with E-state index in [-0.39, 0.29) is 6.54 Å². The molecular weight excluding hydrogens is 320 g/mol. The van der Waals surface area contributed by atoms with Crippen LogP contribution in [-0.4, -0.2) is 23.2 Å². The van der Waals surface area contributed by atoms with E-state index >= 15 is 0 Å². The lowest BCUT2D eigenvalue weighted by molar-refractivity contribution is 0.583. The summed E-state index contributed by atoms with van der Waals surface area (Å²) in [6, 6.07) is 7.08. The van der Waals surface area contributed by atoms with Crippen LogP contribution < -0.4 is 4.72 Å². The summed E-state index contributed by atoms with van der Waals surface area (Å²) < 4.78 is 28.8. The number of thiophene rings is 1. The zero-order valence-electron chi connectivity index (χ0n) is 11.8. The third-order valence-corrected chi connectivity index (χ3v) is 5.94. The second kappa shape index (κ2) is 5.99. The first-order valence-electron chi connectivity index (χ1n) is 6.52. The molecule has 0 bridgehead atoms. The summed E-state index contributed by atoms with van der Waals surface area (Å²) in [5.74, 6) is 0. The Balaban J connectivity index is 1.78. The Kier molecular flexibility index (Phi) is 4.06. The number of hydrogen-bond donors (Lipinski definition) is 1. The molecule has 3 heterocycles. The molecule has 0 radical (unpaired) electrons. The monoisotopic (exact) mass is 334 g/mol. The number of sulfonamides is 1. The fourth-order valence-electron chi connectivity index (χ4n) is 2.05. The van der Waals surface area contributed by atoms with Crippen molar-refractivity contribution in [3.05, 3.63) is 53.8 Å². The van der Waals surface area contributed by atoms with Gasteiger partial charge in [0.2, 0.25) is 10.0 Å². The second-order valence-corrected chi connectivity index (χ2v) is 7.62. The van der Waals surface area contributed by atoms with Crippen molar-refractivity contribution in [3.8, 4) is 11.3 Å². The molecule has 114 valence electrons. The number of nitrogens with zero attached hydrogens (tertiary/aromatic N) is 3. The van der Waals surface area contributed by atoms with Crippen molar-refractivity contribution >= 4 is 21.4 Å². The van der Waals surface area contributed by atoms with E-state index in [1.807, 2.05) is 19.2 Å². The molecule has 3 rings (SSSR count). The minimum absolute atomic E-state index is 0.193. The van der Waals surface area contributed by atoms with Gasteiger partial charge < -0.3 is 0 Å². The highest BCUT2D eigenvalue weighted by Crippen LogP contribution is 2.19. The molecule has 0 saturated heterocycles. The maximum Gasteiger partial charge on any atom is 0.250 e. The lowest BCUT2D eigenvalue weighted by atomic mass is 10.1. The van der Waals surface area contributed by atoms with E-state index in [0.29, 0.717) is 4.21 Å². The Morgan fingerprint density at radius 2 is 2.18 bits per heavy atom. The smallest absolute Gasteiger partial charge is 0.250 e. The van der Waals surface area contributed by atoms with Crippen molar-refractivity contribution in [1.82, 2.24) is 19.5 Å². The average Bonchev–Trinajstić information content (AvgIpc) is 3.17. The van der Waals surface area contributed by atoms with Crippen LogP contribution in [0.4, 0.5) is 0 Å². The van der Waals surface area contributed by atoms with Crippen LogP contribution in [0.25, 0.3) is 11.3 Å². The largest absolute Gasteiger partial charge is 0.268 e. The Morgan fingerprint density at radius 1 is 1.32 bits per heavy atom. The van der Waals surface area contributed by atoms with Gasteiger partial charge in [-0.05, 0) is 29.1 Å². The molecule has 0 aliphatic carbocycles. The van der Waals surface area contributed by atoms with Crippen LogP contribution in [-0.2, 0) is 23.6 Å². The Morgan fingerprint density at radius 3 is 2.86 bits per heavy atom. The van der Waals surface area contributed by atoms with Gasteiger partial charge >= 0.3 is 0 Å². The molecule has 0 fully saturated rings. The van der Waals surface area contributed by atoms with Crippen molar-refractivity contribution < 1.29 is 8.42 Å². The first kappa shape index (κ1) is 14.9. The van der Waals surface area contributed by atoms with E-state index in [9.17, 15) is 8.42 Å². The van der Waals surface area contributed by atoms with Crippen LogP contribution in [0.1, 0.15) is 5.56 Å². The summed E-state index contributed by atoms with van der Waals surface area (Å²) >= 11 is 1.19. The molecule has 0 unspecified atom stereocenters. The molecule has 0 aliphatic rings. The van der Waals surface area contributed by atoms with Gasteiger partial charge in [0, 0.05) is 37.7 Å². The highest BCUT2D eigenvalue weighted by atomic mass is 32.2. The predicted octanol–water partition coefficient (Wildman–Crippen LogP) is 2.02. The summed E-state index contributed by atoms with van der Waals surface area (Å²) in [6.07, 6.45) is 5.09. The highest BCUT2D eigenvalue weighted by Gasteiger charge is 2.14. The van der Waals surface area contributed by atoms with Crippen molar-refractivity contribution in [1.29, 1.82) is 0 Å². The molecule has 3 aromatic heterocycles. The van der Waals surface area contributed by atoms with Crippen molar-refractivity contribution in [2.24, 2.45) is 7.05 Å². The third-order valence-electron chi connectivity index (χ3n) is 3.14. The van der Waals surface area contributed by atoms with Crippen molar-refractivity contribution in [2.75, 3.05) is 0 Å². The summed E-state index contributed by atoms with van der Waals surface area (Å²) in [6.45, 7) is 0.193. The van der Waals surface area contributed by atoms with Crippen LogP contribution in [0, 0.1) is 0 Å². The lowest BCUT2D eigenvalue weighted by Crippen LogP contribution is -2.22. The number of aryl methyl sites for hydroxylation is 1. The molecule has 3 aromatic rings. The molecule has 0 saturated carbocycles. The zero-order valence-corrected chi connectivity index (χ0v) is 13.4. The molecule has 0 aliphatic heterocycles. The number of hydrogen-bond acceptors (Lipinski definition) is 5. The number of pyridine rings is 1. The third kappa shape index (κ3) is 3.08. The maximum atomic E-state index is 12.1. The van der Waals surface area contributed by atoms with Gasteiger partial charge in [-0.3, -0.25) is 9.67 Å². The van der Waals surface area contributed by atoms with E-state index in [2.05, 4.69) is 14.8 Å². The average molecular weight is 334 g/mol. The summed E-state index contributed by atoms with van der Waals surface area (Å²) in [5.41, 5.74) is 2.61. The van der Waals surface area contributed by atoms with E-state index in [0.717, 1.165) is 16.8 Å². The number of aromatic nitrogens is 3. The molecule has 8 heteroatoms. The van der Waals surface area contributed by atoms with Crippen LogP contribution >= 0.6 is 11.3 Å².